The highest BCUT2D eigenvalue weighted by Gasteiger charge is 2.20. The summed E-state index contributed by atoms with van der Waals surface area (Å²) in [4.78, 5) is 20.6. The summed E-state index contributed by atoms with van der Waals surface area (Å²) in [5, 5.41) is 2.77. The third-order valence-corrected chi connectivity index (χ3v) is 4.08. The van der Waals surface area contributed by atoms with E-state index >= 15 is 0 Å². The minimum Gasteiger partial charge on any atom is -0.370 e. The summed E-state index contributed by atoms with van der Waals surface area (Å²) >= 11 is 0. The molecule has 2 heterocycles. The first-order valence-electron chi connectivity index (χ1n) is 7.88. The minimum atomic E-state index is -0.141. The van der Waals surface area contributed by atoms with Crippen LogP contribution in [0.4, 0.5) is 11.5 Å². The first-order chi connectivity index (χ1) is 10.5. The van der Waals surface area contributed by atoms with E-state index in [1.807, 2.05) is 25.3 Å². The number of carbonyl (C=O) groups excluding carboxylic acids is 1. The summed E-state index contributed by atoms with van der Waals surface area (Å²) in [7, 11) is 4.28. The Balaban J connectivity index is 0. The van der Waals surface area contributed by atoms with Crippen LogP contribution in [0.15, 0.2) is 18.3 Å². The summed E-state index contributed by atoms with van der Waals surface area (Å²) < 4.78 is 0. The van der Waals surface area contributed by atoms with Crippen LogP contribution in [0, 0.1) is 0 Å². The molecule has 0 spiro atoms. The number of carbonyl (C=O) groups is 1. The molecule has 1 atom stereocenters. The number of anilines is 2. The van der Waals surface area contributed by atoms with Crippen molar-refractivity contribution < 1.29 is 4.79 Å². The molecule has 1 aromatic heterocycles. The number of nitrogens with zero attached hydrogens (tertiary/aromatic N) is 3. The predicted molar refractivity (Wildman–Crippen MR) is 112 cm³/mol. The molecule has 0 saturated carbocycles. The van der Waals surface area contributed by atoms with Gasteiger partial charge in [0.25, 0.3) is 0 Å². The first-order valence-corrected chi connectivity index (χ1v) is 7.88. The molecule has 1 amide bonds. The van der Waals surface area contributed by atoms with Crippen molar-refractivity contribution in [2.45, 2.75) is 38.3 Å². The van der Waals surface area contributed by atoms with E-state index in [1.54, 1.807) is 0 Å². The van der Waals surface area contributed by atoms with Gasteiger partial charge in [0.2, 0.25) is 5.91 Å². The number of hydrogen-bond acceptors (Lipinski definition) is 5. The molecular weight excluding hydrogens is 385 g/mol. The van der Waals surface area contributed by atoms with Crippen LogP contribution in [0.1, 0.15) is 26.2 Å². The lowest BCUT2D eigenvalue weighted by Gasteiger charge is -2.36. The van der Waals surface area contributed by atoms with Crippen molar-refractivity contribution in [2.24, 2.45) is 5.73 Å². The van der Waals surface area contributed by atoms with Crippen LogP contribution in [-0.4, -0.2) is 55.1 Å². The molecule has 1 fully saturated rings. The Hall–Kier alpha value is -0.790. The average Bonchev–Trinajstić information content (AvgIpc) is 2.47. The summed E-state index contributed by atoms with van der Waals surface area (Å²) in [6, 6.07) is 4.40. The maximum atomic E-state index is 11.7. The van der Waals surface area contributed by atoms with E-state index in [2.05, 4.69) is 34.2 Å². The largest absolute Gasteiger partial charge is 0.370 e. The lowest BCUT2D eigenvalue weighted by atomic mass is 10.0. The standard InChI is InChI=1S/C16H27N5O.3ClH/c1-12(17)10-16(22)19-15-5-4-14(11-18-15)21-8-6-13(7-9-21)20(2)3;;;/h4-5,11-13H,6-10,17H2,1-3H3,(H,18,19,22);3*1H. The highest BCUT2D eigenvalue weighted by atomic mass is 35.5. The highest BCUT2D eigenvalue weighted by molar-refractivity contribution is 5.90. The van der Waals surface area contributed by atoms with Crippen LogP contribution < -0.4 is 16.0 Å². The van der Waals surface area contributed by atoms with Crippen molar-refractivity contribution in [1.29, 1.82) is 0 Å². The molecule has 0 aliphatic carbocycles. The van der Waals surface area contributed by atoms with E-state index < -0.39 is 0 Å². The van der Waals surface area contributed by atoms with Crippen molar-refractivity contribution in [1.82, 2.24) is 9.88 Å². The van der Waals surface area contributed by atoms with Crippen molar-refractivity contribution in [3.8, 4) is 0 Å². The second-order valence-electron chi connectivity index (χ2n) is 6.31. The third kappa shape index (κ3) is 8.42. The SMILES string of the molecule is CC(N)CC(=O)Nc1ccc(N2CCC(N(C)C)CC2)cn1.Cl.Cl.Cl. The van der Waals surface area contributed by atoms with Crippen molar-refractivity contribution >= 4 is 54.6 Å². The van der Waals surface area contributed by atoms with E-state index in [4.69, 9.17) is 5.73 Å². The molecular formula is C16H30Cl3N5O. The molecule has 1 saturated heterocycles. The number of aromatic nitrogens is 1. The zero-order valence-corrected chi connectivity index (χ0v) is 17.4. The quantitative estimate of drug-likeness (QED) is 0.774. The van der Waals surface area contributed by atoms with Gasteiger partial charge in [-0.05, 0) is 46.0 Å². The Labute approximate surface area is 169 Å². The summed E-state index contributed by atoms with van der Waals surface area (Å²) in [6.07, 6.45) is 4.47. The molecule has 1 unspecified atom stereocenters. The van der Waals surface area contributed by atoms with Gasteiger partial charge in [-0.3, -0.25) is 4.79 Å². The molecule has 0 aromatic carbocycles. The van der Waals surface area contributed by atoms with Gasteiger partial charge in [-0.15, -0.1) is 37.2 Å². The van der Waals surface area contributed by atoms with Gasteiger partial charge in [0.1, 0.15) is 5.82 Å². The lowest BCUT2D eigenvalue weighted by Crippen LogP contribution is -2.42. The molecule has 0 radical (unpaired) electrons. The molecule has 9 heteroatoms. The number of piperidine rings is 1. The van der Waals surface area contributed by atoms with E-state index in [9.17, 15) is 4.79 Å². The first kappa shape index (κ1) is 26.4. The van der Waals surface area contributed by atoms with Gasteiger partial charge < -0.3 is 20.9 Å². The van der Waals surface area contributed by atoms with Gasteiger partial charge in [-0.25, -0.2) is 4.98 Å². The van der Waals surface area contributed by atoms with Crippen LogP contribution in [0.25, 0.3) is 0 Å². The molecule has 3 N–H and O–H groups in total. The average molecular weight is 415 g/mol. The molecule has 25 heavy (non-hydrogen) atoms. The maximum absolute atomic E-state index is 11.7. The third-order valence-electron chi connectivity index (χ3n) is 4.08. The Bertz CT molecular complexity index is 491. The van der Waals surface area contributed by atoms with Gasteiger partial charge in [0, 0.05) is 31.6 Å². The summed E-state index contributed by atoms with van der Waals surface area (Å²) in [5.41, 5.74) is 6.72. The molecule has 6 nitrogen and oxygen atoms in total. The Morgan fingerprint density at radius 3 is 2.36 bits per heavy atom. The molecule has 0 bridgehead atoms. The fourth-order valence-electron chi connectivity index (χ4n) is 2.77. The lowest BCUT2D eigenvalue weighted by molar-refractivity contribution is -0.116. The van der Waals surface area contributed by atoms with Crippen LogP contribution in [0.2, 0.25) is 0 Å². The zero-order valence-electron chi connectivity index (χ0n) is 15.0. The van der Waals surface area contributed by atoms with Crippen molar-refractivity contribution in [2.75, 3.05) is 37.4 Å². The topological polar surface area (TPSA) is 74.5 Å². The van der Waals surface area contributed by atoms with Crippen molar-refractivity contribution in [3.05, 3.63) is 18.3 Å². The molecule has 1 aromatic rings. The predicted octanol–water partition coefficient (Wildman–Crippen LogP) is 2.55. The fourth-order valence-corrected chi connectivity index (χ4v) is 2.77. The van der Waals surface area contributed by atoms with Gasteiger partial charge >= 0.3 is 0 Å². The Morgan fingerprint density at radius 2 is 1.92 bits per heavy atom. The normalized spacial score (nSPS) is 15.5. The second kappa shape index (κ2) is 12.5. The van der Waals surface area contributed by atoms with Crippen molar-refractivity contribution in [3.63, 3.8) is 0 Å². The number of hydrogen-bond donors (Lipinski definition) is 2. The smallest absolute Gasteiger partial charge is 0.227 e. The van der Waals surface area contributed by atoms with E-state index in [-0.39, 0.29) is 49.2 Å². The van der Waals surface area contributed by atoms with E-state index in [0.29, 0.717) is 18.3 Å². The summed E-state index contributed by atoms with van der Waals surface area (Å²) in [5.74, 6) is 0.486. The molecule has 1 aliphatic rings. The number of amides is 1. The fraction of sp³-hybridized carbons (Fsp3) is 0.625. The maximum Gasteiger partial charge on any atom is 0.227 e. The Morgan fingerprint density at radius 1 is 1.32 bits per heavy atom. The Kier molecular flexibility index (Phi) is 13.3. The van der Waals surface area contributed by atoms with Gasteiger partial charge in [0.15, 0.2) is 0 Å². The minimum absolute atomic E-state index is 0. The number of nitrogens with one attached hydrogen (secondary N) is 1. The molecule has 146 valence electrons. The van der Waals surface area contributed by atoms with Gasteiger partial charge in [-0.2, -0.15) is 0 Å². The van der Waals surface area contributed by atoms with Gasteiger partial charge in [-0.1, -0.05) is 0 Å². The molecule has 2 rings (SSSR count). The van der Waals surface area contributed by atoms with Crippen LogP contribution >= 0.6 is 37.2 Å². The zero-order chi connectivity index (χ0) is 16.1. The number of nitrogens with two attached hydrogens (primary N) is 1. The van der Waals surface area contributed by atoms with E-state index in [0.717, 1.165) is 18.8 Å². The summed E-state index contributed by atoms with van der Waals surface area (Å²) in [6.45, 7) is 3.90. The number of halogens is 3. The molecule has 1 aliphatic heterocycles. The van der Waals surface area contributed by atoms with E-state index in [1.165, 1.54) is 12.8 Å². The monoisotopic (exact) mass is 413 g/mol. The van der Waals surface area contributed by atoms with Crippen LogP contribution in [0.5, 0.6) is 0 Å². The highest BCUT2D eigenvalue weighted by Crippen LogP contribution is 2.21. The van der Waals surface area contributed by atoms with Crippen LogP contribution in [-0.2, 0) is 4.79 Å². The number of pyridine rings is 1. The number of rotatable bonds is 5. The second-order valence-corrected chi connectivity index (χ2v) is 6.31. The van der Waals surface area contributed by atoms with Gasteiger partial charge in [0.05, 0.1) is 11.9 Å². The van der Waals surface area contributed by atoms with Crippen LogP contribution in [0.3, 0.4) is 0 Å².